The van der Waals surface area contributed by atoms with Crippen LogP contribution in [-0.2, 0) is 4.79 Å². The van der Waals surface area contributed by atoms with Crippen molar-refractivity contribution in [3.63, 3.8) is 0 Å². The molecule has 23 heavy (non-hydrogen) atoms. The van der Waals surface area contributed by atoms with Gasteiger partial charge in [-0.1, -0.05) is 17.3 Å². The maximum Gasteiger partial charge on any atom is 0.330 e. The Morgan fingerprint density at radius 2 is 2.04 bits per heavy atom. The van der Waals surface area contributed by atoms with Crippen molar-refractivity contribution in [1.82, 2.24) is 10.5 Å². The summed E-state index contributed by atoms with van der Waals surface area (Å²) in [6, 6.07) is 6.86. The third-order valence-electron chi connectivity index (χ3n) is 3.71. The van der Waals surface area contributed by atoms with Gasteiger partial charge in [0.25, 0.3) is 5.91 Å². The maximum atomic E-state index is 12.2. The molecule has 7 nitrogen and oxygen atoms in total. The van der Waals surface area contributed by atoms with Crippen molar-refractivity contribution < 1.29 is 24.0 Å². The lowest BCUT2D eigenvalue weighted by atomic mass is 10.1. The number of methoxy groups -OCH3 is 1. The average molecular weight is 316 g/mol. The standard InChI is InChI=1S/C16H16N2O5/c1-22-11-6-4-10(5-7-11)14(16(20)21)17-15(19)12-8-13(23-18-12)9-2-3-9/h4-9,14H,2-3H2,1H3,(H,17,19)(H,20,21). The van der Waals surface area contributed by atoms with Gasteiger partial charge in [0.1, 0.15) is 11.5 Å². The molecule has 1 heterocycles. The van der Waals surface area contributed by atoms with Crippen LogP contribution in [0.2, 0.25) is 0 Å². The van der Waals surface area contributed by atoms with Gasteiger partial charge < -0.3 is 19.7 Å². The molecule has 7 heteroatoms. The average Bonchev–Trinajstić information content (AvgIpc) is 3.29. The molecule has 0 aliphatic heterocycles. The van der Waals surface area contributed by atoms with E-state index >= 15 is 0 Å². The minimum absolute atomic E-state index is 0.0895. The molecule has 1 aliphatic rings. The van der Waals surface area contributed by atoms with Crippen LogP contribution in [0.4, 0.5) is 0 Å². The third-order valence-corrected chi connectivity index (χ3v) is 3.71. The van der Waals surface area contributed by atoms with Gasteiger partial charge >= 0.3 is 5.97 Å². The molecule has 1 unspecified atom stereocenters. The van der Waals surface area contributed by atoms with Crippen LogP contribution in [0.15, 0.2) is 34.9 Å². The van der Waals surface area contributed by atoms with Crippen molar-refractivity contribution in [2.24, 2.45) is 0 Å². The highest BCUT2D eigenvalue weighted by Gasteiger charge is 2.30. The van der Waals surface area contributed by atoms with Crippen molar-refractivity contribution >= 4 is 11.9 Å². The van der Waals surface area contributed by atoms with Crippen molar-refractivity contribution in [2.45, 2.75) is 24.8 Å². The predicted molar refractivity (Wildman–Crippen MR) is 79.3 cm³/mol. The molecule has 1 aromatic heterocycles. The molecule has 1 aromatic carbocycles. The van der Waals surface area contributed by atoms with Gasteiger partial charge in [0.15, 0.2) is 11.7 Å². The number of hydrogen-bond acceptors (Lipinski definition) is 5. The molecule has 1 saturated carbocycles. The minimum atomic E-state index is -1.17. The number of carbonyl (C=O) groups is 2. The van der Waals surface area contributed by atoms with Crippen LogP contribution >= 0.6 is 0 Å². The van der Waals surface area contributed by atoms with Gasteiger partial charge in [-0.3, -0.25) is 4.79 Å². The number of amides is 1. The Balaban J connectivity index is 1.74. The van der Waals surface area contributed by atoms with E-state index in [-0.39, 0.29) is 5.69 Å². The van der Waals surface area contributed by atoms with Crippen molar-refractivity contribution in [1.29, 1.82) is 0 Å². The number of nitrogens with one attached hydrogen (secondary N) is 1. The van der Waals surface area contributed by atoms with Crippen LogP contribution in [0.1, 0.15) is 46.6 Å². The summed E-state index contributed by atoms with van der Waals surface area (Å²) < 4.78 is 10.1. The van der Waals surface area contributed by atoms with Gasteiger partial charge in [0.2, 0.25) is 0 Å². The predicted octanol–water partition coefficient (Wildman–Crippen LogP) is 2.12. The summed E-state index contributed by atoms with van der Waals surface area (Å²) in [6.07, 6.45) is 2.06. The van der Waals surface area contributed by atoms with E-state index in [1.807, 2.05) is 0 Å². The summed E-state index contributed by atoms with van der Waals surface area (Å²) in [5, 5.41) is 15.5. The Hall–Kier alpha value is -2.83. The van der Waals surface area contributed by atoms with Crippen LogP contribution in [0.3, 0.4) is 0 Å². The Bertz CT molecular complexity index is 718. The van der Waals surface area contributed by atoms with E-state index < -0.39 is 17.9 Å². The number of nitrogens with zero attached hydrogens (tertiary/aromatic N) is 1. The first-order valence-electron chi connectivity index (χ1n) is 7.22. The maximum absolute atomic E-state index is 12.2. The highest BCUT2D eigenvalue weighted by Crippen LogP contribution is 2.40. The Morgan fingerprint density at radius 3 is 2.61 bits per heavy atom. The summed E-state index contributed by atoms with van der Waals surface area (Å²) >= 11 is 0. The van der Waals surface area contributed by atoms with Gasteiger partial charge in [0, 0.05) is 12.0 Å². The van der Waals surface area contributed by atoms with Gasteiger partial charge in [-0.15, -0.1) is 0 Å². The second-order valence-electron chi connectivity index (χ2n) is 5.41. The van der Waals surface area contributed by atoms with Gasteiger partial charge in [-0.2, -0.15) is 0 Å². The number of carboxylic acids is 1. The van der Waals surface area contributed by atoms with E-state index in [1.165, 1.54) is 7.11 Å². The fourth-order valence-electron chi connectivity index (χ4n) is 2.25. The second-order valence-corrected chi connectivity index (χ2v) is 5.41. The molecule has 2 N–H and O–H groups in total. The third kappa shape index (κ3) is 3.33. The summed E-state index contributed by atoms with van der Waals surface area (Å²) in [5.74, 6) is -0.125. The van der Waals surface area contributed by atoms with E-state index in [0.29, 0.717) is 23.0 Å². The van der Waals surface area contributed by atoms with Crippen LogP contribution < -0.4 is 10.1 Å². The zero-order valence-electron chi connectivity index (χ0n) is 12.5. The zero-order valence-corrected chi connectivity index (χ0v) is 12.5. The van der Waals surface area contributed by atoms with Gasteiger partial charge in [-0.25, -0.2) is 4.79 Å². The fraction of sp³-hybridized carbons (Fsp3) is 0.312. The lowest BCUT2D eigenvalue weighted by Gasteiger charge is -2.14. The van der Waals surface area contributed by atoms with E-state index in [9.17, 15) is 14.7 Å². The number of carbonyl (C=O) groups excluding carboxylic acids is 1. The number of aromatic nitrogens is 1. The van der Waals surface area contributed by atoms with Crippen LogP contribution in [0, 0.1) is 0 Å². The van der Waals surface area contributed by atoms with Crippen molar-refractivity contribution in [2.75, 3.05) is 7.11 Å². The summed E-state index contributed by atoms with van der Waals surface area (Å²) in [7, 11) is 1.52. The molecule has 1 amide bonds. The molecule has 0 radical (unpaired) electrons. The molecule has 0 saturated heterocycles. The Labute approximate surface area is 132 Å². The summed E-state index contributed by atoms with van der Waals surface area (Å²) in [5.41, 5.74) is 0.532. The van der Waals surface area contributed by atoms with Gasteiger partial charge in [-0.05, 0) is 30.5 Å². The van der Waals surface area contributed by atoms with Gasteiger partial charge in [0.05, 0.1) is 7.11 Å². The van der Waals surface area contributed by atoms with Crippen LogP contribution in [0.5, 0.6) is 5.75 Å². The minimum Gasteiger partial charge on any atom is -0.497 e. The normalized spacial score (nSPS) is 15.0. The number of hydrogen-bond donors (Lipinski definition) is 2. The smallest absolute Gasteiger partial charge is 0.330 e. The topological polar surface area (TPSA) is 102 Å². The zero-order chi connectivity index (χ0) is 16.4. The Kier molecular flexibility index (Phi) is 4.01. The van der Waals surface area contributed by atoms with Crippen molar-refractivity contribution in [3.05, 3.63) is 47.3 Å². The summed E-state index contributed by atoms with van der Waals surface area (Å²) in [4.78, 5) is 23.6. The number of rotatable bonds is 6. The van der Waals surface area contributed by atoms with E-state index in [4.69, 9.17) is 9.26 Å². The molecular formula is C16H16N2O5. The lowest BCUT2D eigenvalue weighted by Crippen LogP contribution is -2.33. The molecule has 2 aromatic rings. The number of carboxylic acid groups (broad SMARTS) is 1. The number of ether oxygens (including phenoxy) is 1. The molecule has 1 fully saturated rings. The second kappa shape index (κ2) is 6.12. The van der Waals surface area contributed by atoms with Crippen LogP contribution in [0.25, 0.3) is 0 Å². The monoisotopic (exact) mass is 316 g/mol. The molecular weight excluding hydrogens is 300 g/mol. The van der Waals surface area contributed by atoms with E-state index in [1.54, 1.807) is 30.3 Å². The fourth-order valence-corrected chi connectivity index (χ4v) is 2.25. The lowest BCUT2D eigenvalue weighted by molar-refractivity contribution is -0.139. The van der Waals surface area contributed by atoms with Crippen molar-refractivity contribution in [3.8, 4) is 5.75 Å². The quantitative estimate of drug-likeness (QED) is 0.846. The largest absolute Gasteiger partial charge is 0.497 e. The number of aliphatic carboxylic acids is 1. The first-order valence-corrected chi connectivity index (χ1v) is 7.22. The van der Waals surface area contributed by atoms with E-state index in [0.717, 1.165) is 12.8 Å². The number of benzene rings is 1. The molecule has 0 bridgehead atoms. The molecule has 120 valence electrons. The molecule has 0 spiro atoms. The molecule has 1 aliphatic carbocycles. The first kappa shape index (κ1) is 15.1. The van der Waals surface area contributed by atoms with Crippen LogP contribution in [-0.4, -0.2) is 29.2 Å². The first-order chi connectivity index (χ1) is 11.1. The highest BCUT2D eigenvalue weighted by atomic mass is 16.5. The Morgan fingerprint density at radius 1 is 1.35 bits per heavy atom. The SMILES string of the molecule is COc1ccc(C(NC(=O)c2cc(C3CC3)on2)C(=O)O)cc1. The molecule has 1 atom stereocenters. The van der Waals surface area contributed by atoms with E-state index in [2.05, 4.69) is 10.5 Å². The summed E-state index contributed by atoms with van der Waals surface area (Å²) in [6.45, 7) is 0. The molecule has 3 rings (SSSR count). The highest BCUT2D eigenvalue weighted by molar-refractivity contribution is 5.95.